The first-order valence-electron chi connectivity index (χ1n) is 8.73. The molecular formula is C18H30O4. The summed E-state index contributed by atoms with van der Waals surface area (Å²) in [5.74, 6) is 0.274. The molecule has 3 fully saturated rings. The highest BCUT2D eigenvalue weighted by atomic mass is 16.5. The number of fused-ring (bicyclic) bond motifs is 3. The Morgan fingerprint density at radius 2 is 1.09 bits per heavy atom. The smallest absolute Gasteiger partial charge is 0.310 e. The van der Waals surface area contributed by atoms with Crippen LogP contribution in [0.4, 0.5) is 0 Å². The van der Waals surface area contributed by atoms with Crippen LogP contribution in [0.5, 0.6) is 0 Å². The lowest BCUT2D eigenvalue weighted by Gasteiger charge is -2.45. The molecule has 0 aromatic carbocycles. The summed E-state index contributed by atoms with van der Waals surface area (Å²) in [5, 5.41) is 0. The first kappa shape index (κ1) is 17.3. The molecular weight excluding hydrogens is 280 g/mol. The molecule has 2 atom stereocenters. The Balaban J connectivity index is 2.06. The second kappa shape index (κ2) is 7.47. The fraction of sp³-hybridized carbons (Fsp3) is 0.889. The van der Waals surface area contributed by atoms with Gasteiger partial charge in [-0.05, 0) is 49.4 Å². The van der Waals surface area contributed by atoms with Crippen molar-refractivity contribution in [2.75, 3.05) is 13.2 Å². The molecule has 3 rings (SSSR count). The molecule has 3 aliphatic carbocycles. The molecule has 2 unspecified atom stereocenters. The largest absolute Gasteiger partial charge is 0.465 e. The van der Waals surface area contributed by atoms with Gasteiger partial charge in [0.15, 0.2) is 0 Å². The molecule has 22 heavy (non-hydrogen) atoms. The lowest BCUT2D eigenvalue weighted by molar-refractivity contribution is -0.174. The van der Waals surface area contributed by atoms with Crippen LogP contribution in [-0.4, -0.2) is 25.2 Å². The van der Waals surface area contributed by atoms with E-state index in [0.29, 0.717) is 36.9 Å². The van der Waals surface area contributed by atoms with Gasteiger partial charge in [-0.2, -0.15) is 0 Å². The Kier molecular flexibility index (Phi) is 5.87. The predicted octanol–water partition coefficient (Wildman–Crippen LogP) is 3.44. The highest BCUT2D eigenvalue weighted by molar-refractivity contribution is 5.83. The van der Waals surface area contributed by atoms with Crippen LogP contribution >= 0.6 is 0 Å². The lowest BCUT2D eigenvalue weighted by atomic mass is 9.58. The van der Waals surface area contributed by atoms with Crippen molar-refractivity contribution in [3.8, 4) is 0 Å². The van der Waals surface area contributed by atoms with E-state index in [1.54, 1.807) is 0 Å². The molecule has 0 amide bonds. The summed E-state index contributed by atoms with van der Waals surface area (Å²) in [6.07, 6.45) is 4.17. The van der Waals surface area contributed by atoms with Crippen molar-refractivity contribution < 1.29 is 19.1 Å². The maximum Gasteiger partial charge on any atom is 0.310 e. The zero-order valence-corrected chi connectivity index (χ0v) is 14.3. The molecule has 3 aliphatic rings. The standard InChI is InChI=1S/C18H30O4/c1-11(2)9-21-17(19)15-13-5-7-14(8-6-13)16(15)18(20)22-10-12(3)4/h11-16H,5-10H2,1-4H3. The van der Waals surface area contributed by atoms with Gasteiger partial charge in [0.1, 0.15) is 0 Å². The van der Waals surface area contributed by atoms with E-state index >= 15 is 0 Å². The summed E-state index contributed by atoms with van der Waals surface area (Å²) < 4.78 is 10.9. The number of ether oxygens (including phenoxy) is 2. The fourth-order valence-corrected chi connectivity index (χ4v) is 3.82. The molecule has 0 aromatic rings. The van der Waals surface area contributed by atoms with Crippen molar-refractivity contribution in [3.63, 3.8) is 0 Å². The van der Waals surface area contributed by atoms with Crippen LogP contribution in [0.25, 0.3) is 0 Å². The third-order valence-corrected chi connectivity index (χ3v) is 4.88. The molecule has 0 heterocycles. The quantitative estimate of drug-likeness (QED) is 0.705. The normalized spacial score (nSPS) is 30.6. The van der Waals surface area contributed by atoms with E-state index in [9.17, 15) is 9.59 Å². The minimum atomic E-state index is -0.286. The lowest BCUT2D eigenvalue weighted by Crippen LogP contribution is -2.48. The van der Waals surface area contributed by atoms with Gasteiger partial charge >= 0.3 is 11.9 Å². The molecule has 0 N–H and O–H groups in total. The van der Waals surface area contributed by atoms with Crippen LogP contribution in [0.2, 0.25) is 0 Å². The van der Waals surface area contributed by atoms with Crippen molar-refractivity contribution in [2.45, 2.75) is 53.4 Å². The third-order valence-electron chi connectivity index (χ3n) is 4.88. The topological polar surface area (TPSA) is 52.6 Å². The Hall–Kier alpha value is -1.06. The van der Waals surface area contributed by atoms with Gasteiger partial charge in [0.25, 0.3) is 0 Å². The minimum Gasteiger partial charge on any atom is -0.465 e. The van der Waals surface area contributed by atoms with Gasteiger partial charge in [-0.25, -0.2) is 0 Å². The average molecular weight is 310 g/mol. The van der Waals surface area contributed by atoms with E-state index in [4.69, 9.17) is 9.47 Å². The molecule has 4 nitrogen and oxygen atoms in total. The van der Waals surface area contributed by atoms with Crippen LogP contribution in [0, 0.1) is 35.5 Å². The van der Waals surface area contributed by atoms with Gasteiger partial charge in [0.05, 0.1) is 25.0 Å². The molecule has 3 saturated carbocycles. The Morgan fingerprint density at radius 3 is 1.36 bits per heavy atom. The number of hydrogen-bond acceptors (Lipinski definition) is 4. The Bertz CT molecular complexity index is 356. The summed E-state index contributed by atoms with van der Waals surface area (Å²) >= 11 is 0. The fourth-order valence-electron chi connectivity index (χ4n) is 3.82. The molecule has 0 aromatic heterocycles. The number of hydrogen-bond donors (Lipinski definition) is 0. The molecule has 0 saturated heterocycles. The summed E-state index contributed by atoms with van der Waals surface area (Å²) in [7, 11) is 0. The molecule has 4 heteroatoms. The van der Waals surface area contributed by atoms with Gasteiger partial charge < -0.3 is 9.47 Å². The molecule has 0 radical (unpaired) electrons. The second-order valence-electron chi connectivity index (χ2n) is 7.77. The van der Waals surface area contributed by atoms with E-state index in [1.807, 2.05) is 27.7 Å². The highest BCUT2D eigenvalue weighted by Crippen LogP contribution is 2.49. The van der Waals surface area contributed by atoms with Crippen molar-refractivity contribution in [1.82, 2.24) is 0 Å². The molecule has 2 bridgehead atoms. The predicted molar refractivity (Wildman–Crippen MR) is 84.0 cm³/mol. The van der Waals surface area contributed by atoms with E-state index in [2.05, 4.69) is 0 Å². The number of carbonyl (C=O) groups is 2. The van der Waals surface area contributed by atoms with Gasteiger partial charge in [-0.15, -0.1) is 0 Å². The Labute approximate surface area is 133 Å². The number of carbonyl (C=O) groups excluding carboxylic acids is 2. The van der Waals surface area contributed by atoms with E-state index in [-0.39, 0.29) is 23.8 Å². The monoisotopic (exact) mass is 310 g/mol. The van der Waals surface area contributed by atoms with Crippen LogP contribution < -0.4 is 0 Å². The first-order valence-corrected chi connectivity index (χ1v) is 8.73. The van der Waals surface area contributed by atoms with Crippen LogP contribution in [0.1, 0.15) is 53.4 Å². The van der Waals surface area contributed by atoms with E-state index in [0.717, 1.165) is 25.7 Å². The van der Waals surface area contributed by atoms with Crippen molar-refractivity contribution in [2.24, 2.45) is 35.5 Å². The zero-order chi connectivity index (χ0) is 16.3. The summed E-state index contributed by atoms with van der Waals surface area (Å²) in [6, 6.07) is 0. The highest BCUT2D eigenvalue weighted by Gasteiger charge is 2.51. The molecule has 0 aliphatic heterocycles. The van der Waals surface area contributed by atoms with Crippen molar-refractivity contribution >= 4 is 11.9 Å². The summed E-state index contributed by atoms with van der Waals surface area (Å²) in [4.78, 5) is 25.0. The van der Waals surface area contributed by atoms with Crippen molar-refractivity contribution in [1.29, 1.82) is 0 Å². The Morgan fingerprint density at radius 1 is 0.773 bits per heavy atom. The van der Waals surface area contributed by atoms with Gasteiger partial charge in [-0.3, -0.25) is 9.59 Å². The third kappa shape index (κ3) is 4.02. The second-order valence-corrected chi connectivity index (χ2v) is 7.77. The zero-order valence-electron chi connectivity index (χ0n) is 14.3. The van der Waals surface area contributed by atoms with Gasteiger partial charge in [0, 0.05) is 0 Å². The van der Waals surface area contributed by atoms with Crippen molar-refractivity contribution in [3.05, 3.63) is 0 Å². The van der Waals surface area contributed by atoms with Crippen LogP contribution in [0.3, 0.4) is 0 Å². The summed E-state index contributed by atoms with van der Waals surface area (Å²) in [6.45, 7) is 8.95. The maximum absolute atomic E-state index is 12.5. The van der Waals surface area contributed by atoms with Crippen LogP contribution in [-0.2, 0) is 19.1 Å². The number of esters is 2. The molecule has 0 spiro atoms. The molecule has 126 valence electrons. The van der Waals surface area contributed by atoms with Gasteiger partial charge in [-0.1, -0.05) is 27.7 Å². The minimum absolute atomic E-state index is 0.186. The first-order chi connectivity index (χ1) is 10.4. The van der Waals surface area contributed by atoms with Crippen LogP contribution in [0.15, 0.2) is 0 Å². The number of rotatable bonds is 6. The SMILES string of the molecule is CC(C)COC(=O)C1C2CCC(CC2)C1C(=O)OCC(C)C. The van der Waals surface area contributed by atoms with E-state index in [1.165, 1.54) is 0 Å². The van der Waals surface area contributed by atoms with E-state index < -0.39 is 0 Å². The van der Waals surface area contributed by atoms with Gasteiger partial charge in [0.2, 0.25) is 0 Å². The maximum atomic E-state index is 12.5. The average Bonchev–Trinajstić information content (AvgIpc) is 2.50. The summed E-state index contributed by atoms with van der Waals surface area (Å²) in [5.41, 5.74) is 0.